The number of benzene rings is 1. The molecule has 0 aliphatic carbocycles. The van der Waals surface area contributed by atoms with Gasteiger partial charge in [-0.1, -0.05) is 6.07 Å². The number of aromatic nitrogens is 4. The highest BCUT2D eigenvalue weighted by Crippen LogP contribution is 2.29. The molecule has 0 fully saturated rings. The van der Waals surface area contributed by atoms with Crippen LogP contribution in [-0.4, -0.2) is 68.9 Å². The summed E-state index contributed by atoms with van der Waals surface area (Å²) in [5.74, 6) is 0.491. The third-order valence-electron chi connectivity index (χ3n) is 6.61. The highest BCUT2D eigenvalue weighted by molar-refractivity contribution is 5.93. The first-order chi connectivity index (χ1) is 18.4. The SMILES string of the molecule is CN(C)C(=O)c1cncc(C(CC(=O)O)n2ncc3cc(OCCc4ccc5c(n4)NCCC5)ccc32)c1. The summed E-state index contributed by atoms with van der Waals surface area (Å²) in [4.78, 5) is 34.6. The number of aryl methyl sites for hydroxylation is 1. The first kappa shape index (κ1) is 25.2. The molecule has 0 bridgehead atoms. The summed E-state index contributed by atoms with van der Waals surface area (Å²) in [7, 11) is 3.32. The Morgan fingerprint density at radius 3 is 2.84 bits per heavy atom. The molecular weight excluding hydrogens is 484 g/mol. The molecule has 1 unspecified atom stereocenters. The predicted octanol–water partition coefficient (Wildman–Crippen LogP) is 3.57. The summed E-state index contributed by atoms with van der Waals surface area (Å²) >= 11 is 0. The molecule has 3 aromatic heterocycles. The van der Waals surface area contributed by atoms with Crippen LogP contribution >= 0.6 is 0 Å². The Morgan fingerprint density at radius 2 is 2.03 bits per heavy atom. The number of hydrogen-bond donors (Lipinski definition) is 2. The van der Waals surface area contributed by atoms with Gasteiger partial charge in [0.05, 0.1) is 36.3 Å². The maximum Gasteiger partial charge on any atom is 0.305 e. The van der Waals surface area contributed by atoms with Crippen LogP contribution in [-0.2, 0) is 17.6 Å². The van der Waals surface area contributed by atoms with Gasteiger partial charge in [0, 0.05) is 50.5 Å². The Morgan fingerprint density at radius 1 is 1.16 bits per heavy atom. The van der Waals surface area contributed by atoms with E-state index in [0.29, 0.717) is 29.9 Å². The van der Waals surface area contributed by atoms with Gasteiger partial charge in [-0.25, -0.2) is 4.98 Å². The summed E-state index contributed by atoms with van der Waals surface area (Å²) in [5.41, 5.74) is 3.98. The second-order valence-electron chi connectivity index (χ2n) is 9.57. The molecule has 10 heteroatoms. The minimum Gasteiger partial charge on any atom is -0.493 e. The number of rotatable bonds is 9. The fourth-order valence-corrected chi connectivity index (χ4v) is 4.68. The molecule has 0 radical (unpaired) electrons. The van der Waals surface area contributed by atoms with E-state index >= 15 is 0 Å². The van der Waals surface area contributed by atoms with E-state index in [1.807, 2.05) is 18.2 Å². The lowest BCUT2D eigenvalue weighted by Crippen LogP contribution is -2.23. The van der Waals surface area contributed by atoms with Crippen molar-refractivity contribution in [1.82, 2.24) is 24.6 Å². The van der Waals surface area contributed by atoms with Crippen LogP contribution in [0.3, 0.4) is 0 Å². The van der Waals surface area contributed by atoms with Crippen LogP contribution in [0.1, 0.15) is 46.1 Å². The lowest BCUT2D eigenvalue weighted by Gasteiger charge is -2.18. The molecule has 0 saturated heterocycles. The van der Waals surface area contributed by atoms with Crippen molar-refractivity contribution in [1.29, 1.82) is 0 Å². The van der Waals surface area contributed by atoms with Crippen molar-refractivity contribution in [3.8, 4) is 5.75 Å². The second-order valence-corrected chi connectivity index (χ2v) is 9.57. The van der Waals surface area contributed by atoms with Crippen molar-refractivity contribution in [3.63, 3.8) is 0 Å². The average molecular weight is 515 g/mol. The van der Waals surface area contributed by atoms with Crippen molar-refractivity contribution < 1.29 is 19.4 Å². The van der Waals surface area contributed by atoms with Gasteiger partial charge in [-0.2, -0.15) is 5.10 Å². The number of hydrogen-bond acceptors (Lipinski definition) is 7. The summed E-state index contributed by atoms with van der Waals surface area (Å²) in [6.07, 6.45) is 7.41. The highest BCUT2D eigenvalue weighted by atomic mass is 16.5. The molecular formula is C28H30N6O4. The normalized spacial score (nSPS) is 13.4. The fourth-order valence-electron chi connectivity index (χ4n) is 4.68. The number of nitrogens with one attached hydrogen (secondary N) is 1. The van der Waals surface area contributed by atoms with Gasteiger partial charge in [-0.3, -0.25) is 19.3 Å². The number of nitrogens with zero attached hydrogens (tertiary/aromatic N) is 5. The molecule has 2 N–H and O–H groups in total. The summed E-state index contributed by atoms with van der Waals surface area (Å²) in [6.45, 7) is 1.43. The molecule has 4 heterocycles. The van der Waals surface area contributed by atoms with Gasteiger partial charge in [0.1, 0.15) is 11.6 Å². The molecule has 196 valence electrons. The molecule has 1 aromatic carbocycles. The number of carboxylic acid groups (broad SMARTS) is 1. The van der Waals surface area contributed by atoms with E-state index in [1.165, 1.54) is 16.7 Å². The molecule has 5 rings (SSSR count). The third kappa shape index (κ3) is 5.44. The van der Waals surface area contributed by atoms with E-state index in [1.54, 1.807) is 37.2 Å². The molecule has 0 spiro atoms. The van der Waals surface area contributed by atoms with E-state index in [2.05, 4.69) is 27.5 Å². The predicted molar refractivity (Wildman–Crippen MR) is 143 cm³/mol. The highest BCUT2D eigenvalue weighted by Gasteiger charge is 2.23. The first-order valence-corrected chi connectivity index (χ1v) is 12.6. The van der Waals surface area contributed by atoms with Crippen LogP contribution < -0.4 is 10.1 Å². The molecule has 1 aliphatic heterocycles. The van der Waals surface area contributed by atoms with Crippen LogP contribution in [0.25, 0.3) is 10.9 Å². The Kier molecular flexibility index (Phi) is 7.21. The van der Waals surface area contributed by atoms with Crippen molar-refractivity contribution >= 4 is 28.6 Å². The van der Waals surface area contributed by atoms with E-state index in [-0.39, 0.29) is 12.3 Å². The quantitative estimate of drug-likeness (QED) is 0.348. The van der Waals surface area contributed by atoms with E-state index in [9.17, 15) is 14.7 Å². The van der Waals surface area contributed by atoms with E-state index in [4.69, 9.17) is 9.72 Å². The van der Waals surface area contributed by atoms with Crippen LogP contribution in [0.5, 0.6) is 5.75 Å². The van der Waals surface area contributed by atoms with Crippen molar-refractivity contribution in [2.24, 2.45) is 0 Å². The van der Waals surface area contributed by atoms with Gasteiger partial charge in [0.15, 0.2) is 0 Å². The van der Waals surface area contributed by atoms with Crippen LogP contribution in [0.4, 0.5) is 5.82 Å². The zero-order valence-electron chi connectivity index (χ0n) is 21.4. The van der Waals surface area contributed by atoms with Gasteiger partial charge < -0.3 is 20.1 Å². The summed E-state index contributed by atoms with van der Waals surface area (Å²) < 4.78 is 7.67. The average Bonchev–Trinajstić information content (AvgIpc) is 3.34. The standard InChI is InChI=1S/C28H30N6O4/c1-33(2)28(37)21-12-19(15-29-16-21)25(14-26(35)36)34-24-8-7-23(13-20(24)17-31-34)38-11-9-22-6-5-18-4-3-10-30-27(18)32-22/h5-8,12-13,15-17,25H,3-4,9-11,14H2,1-2H3,(H,30,32)(H,35,36). The molecule has 1 aliphatic rings. The van der Waals surface area contributed by atoms with E-state index in [0.717, 1.165) is 41.8 Å². The Bertz CT molecular complexity index is 1480. The zero-order chi connectivity index (χ0) is 26.6. The number of aliphatic carboxylic acids is 1. The van der Waals surface area contributed by atoms with Gasteiger partial charge in [-0.05, 0) is 54.3 Å². The minimum atomic E-state index is -0.978. The molecule has 4 aromatic rings. The molecule has 38 heavy (non-hydrogen) atoms. The maximum atomic E-state index is 12.4. The van der Waals surface area contributed by atoms with Crippen LogP contribution in [0.15, 0.2) is 55.0 Å². The number of carboxylic acids is 1. The van der Waals surface area contributed by atoms with Crippen molar-refractivity contribution in [2.45, 2.75) is 31.7 Å². The Hall–Kier alpha value is -4.47. The number of fused-ring (bicyclic) bond motifs is 2. The lowest BCUT2D eigenvalue weighted by molar-refractivity contribution is -0.137. The minimum absolute atomic E-state index is 0.206. The van der Waals surface area contributed by atoms with Crippen molar-refractivity contribution in [3.05, 3.63) is 77.4 Å². The number of carbonyl (C=O) groups excluding carboxylic acids is 1. The number of amides is 1. The van der Waals surface area contributed by atoms with Gasteiger partial charge in [0.25, 0.3) is 5.91 Å². The van der Waals surface area contributed by atoms with E-state index < -0.39 is 12.0 Å². The number of carbonyl (C=O) groups is 2. The Balaban J connectivity index is 1.33. The van der Waals surface area contributed by atoms with Gasteiger partial charge in [-0.15, -0.1) is 0 Å². The van der Waals surface area contributed by atoms with Gasteiger partial charge in [0.2, 0.25) is 0 Å². The van der Waals surface area contributed by atoms with Crippen LogP contribution in [0.2, 0.25) is 0 Å². The monoisotopic (exact) mass is 514 g/mol. The largest absolute Gasteiger partial charge is 0.493 e. The molecule has 1 atom stereocenters. The summed E-state index contributed by atoms with van der Waals surface area (Å²) in [6, 6.07) is 10.9. The van der Waals surface area contributed by atoms with Crippen molar-refractivity contribution in [2.75, 3.05) is 32.6 Å². The second kappa shape index (κ2) is 10.9. The molecule has 10 nitrogen and oxygen atoms in total. The molecule has 0 saturated carbocycles. The number of ether oxygens (including phenoxy) is 1. The van der Waals surface area contributed by atoms with Gasteiger partial charge >= 0.3 is 5.97 Å². The maximum absolute atomic E-state index is 12.4. The summed E-state index contributed by atoms with van der Waals surface area (Å²) in [5, 5.41) is 18.3. The lowest BCUT2D eigenvalue weighted by atomic mass is 10.0. The fraction of sp³-hybridized carbons (Fsp3) is 0.321. The first-order valence-electron chi connectivity index (χ1n) is 12.6. The third-order valence-corrected chi connectivity index (χ3v) is 6.61. The number of pyridine rings is 2. The van der Waals surface area contributed by atoms with Crippen LogP contribution in [0, 0.1) is 0 Å². The zero-order valence-corrected chi connectivity index (χ0v) is 21.4. The smallest absolute Gasteiger partial charge is 0.305 e. The Labute approximate surface area is 220 Å². The number of anilines is 1. The topological polar surface area (TPSA) is 122 Å². The molecule has 1 amide bonds.